The summed E-state index contributed by atoms with van der Waals surface area (Å²) in [4.78, 5) is 13.7. The molecule has 0 saturated carbocycles. The maximum absolute atomic E-state index is 12.0. The monoisotopic (exact) mass is 292 g/mol. The highest BCUT2D eigenvalue weighted by Gasteiger charge is 2.15. The molecule has 0 aliphatic rings. The normalized spacial score (nSPS) is 11.3. The second kappa shape index (κ2) is 7.46. The Morgan fingerprint density at radius 2 is 1.81 bits per heavy atom. The number of likely N-dealkylation sites (N-methyl/N-ethyl adjacent to an activating group) is 1. The van der Waals surface area contributed by atoms with E-state index in [1.165, 1.54) is 11.1 Å². The van der Waals surface area contributed by atoms with Gasteiger partial charge in [0.25, 0.3) is 0 Å². The van der Waals surface area contributed by atoms with Crippen LogP contribution in [0.4, 0.5) is 0 Å². The maximum Gasteiger partial charge on any atom is 0.222 e. The van der Waals surface area contributed by atoms with Gasteiger partial charge in [0.05, 0.1) is 6.54 Å². The molecule has 2 N–H and O–H groups in total. The minimum Gasteiger partial charge on any atom is -0.492 e. The second-order valence-corrected chi connectivity index (χ2v) is 6.48. The largest absolute Gasteiger partial charge is 0.492 e. The molecule has 0 aliphatic heterocycles. The molecular formula is C17H28N2O2. The van der Waals surface area contributed by atoms with Crippen LogP contribution in [0.25, 0.3) is 0 Å². The van der Waals surface area contributed by atoms with Gasteiger partial charge in [-0.05, 0) is 57.4 Å². The number of hydrogen-bond donors (Lipinski definition) is 1. The van der Waals surface area contributed by atoms with Crippen molar-refractivity contribution in [3.63, 3.8) is 0 Å². The van der Waals surface area contributed by atoms with Gasteiger partial charge in [-0.15, -0.1) is 0 Å². The zero-order chi connectivity index (χ0) is 16.0. The van der Waals surface area contributed by atoms with Crippen molar-refractivity contribution in [3.05, 3.63) is 29.3 Å². The molecule has 0 saturated heterocycles. The third-order valence-corrected chi connectivity index (χ3v) is 3.30. The number of aryl methyl sites for hydroxylation is 2. The molecule has 0 aliphatic carbocycles. The average Bonchev–Trinajstić information content (AvgIpc) is 2.33. The lowest BCUT2D eigenvalue weighted by Crippen LogP contribution is -2.36. The molecule has 0 fully saturated rings. The highest BCUT2D eigenvalue weighted by Crippen LogP contribution is 2.16. The zero-order valence-electron chi connectivity index (χ0n) is 13.9. The number of carbonyl (C=O) groups excluding carboxylic acids is 1. The van der Waals surface area contributed by atoms with Gasteiger partial charge in [0, 0.05) is 19.0 Å². The number of benzene rings is 1. The number of ether oxygens (including phenoxy) is 1. The van der Waals surface area contributed by atoms with Crippen molar-refractivity contribution in [2.75, 3.05) is 20.2 Å². The zero-order valence-corrected chi connectivity index (χ0v) is 13.9. The van der Waals surface area contributed by atoms with E-state index >= 15 is 0 Å². The molecule has 1 aromatic rings. The van der Waals surface area contributed by atoms with E-state index in [9.17, 15) is 4.79 Å². The number of nitrogens with two attached hydrogens (primary N) is 1. The number of amides is 1. The summed E-state index contributed by atoms with van der Waals surface area (Å²) in [5, 5.41) is 0. The van der Waals surface area contributed by atoms with Crippen molar-refractivity contribution < 1.29 is 9.53 Å². The van der Waals surface area contributed by atoms with Crippen LogP contribution in [0.1, 0.15) is 37.8 Å². The molecule has 0 radical (unpaired) electrons. The minimum atomic E-state index is -0.300. The first-order chi connectivity index (χ1) is 9.67. The fourth-order valence-corrected chi connectivity index (χ4v) is 2.06. The Kier molecular flexibility index (Phi) is 6.21. The minimum absolute atomic E-state index is 0.109. The molecule has 1 aromatic carbocycles. The molecule has 0 heterocycles. The molecule has 1 amide bonds. The summed E-state index contributed by atoms with van der Waals surface area (Å²) in [5.41, 5.74) is 7.95. The molecule has 0 bridgehead atoms. The van der Waals surface area contributed by atoms with Crippen LogP contribution in [0.5, 0.6) is 5.75 Å². The van der Waals surface area contributed by atoms with Gasteiger partial charge < -0.3 is 15.4 Å². The molecule has 4 nitrogen and oxygen atoms in total. The lowest BCUT2D eigenvalue weighted by atomic mass is 10.00. The number of rotatable bonds is 7. The van der Waals surface area contributed by atoms with Crippen molar-refractivity contribution in [2.24, 2.45) is 5.73 Å². The standard InChI is InChI=1S/C17H28N2O2/c1-13-10-14(2)12-15(11-13)21-9-8-19(5)16(20)6-7-17(3,4)18/h10-12H,6-9,18H2,1-5H3. The Morgan fingerprint density at radius 3 is 2.33 bits per heavy atom. The number of hydrogen-bond acceptors (Lipinski definition) is 3. The van der Waals surface area contributed by atoms with E-state index < -0.39 is 0 Å². The van der Waals surface area contributed by atoms with E-state index in [-0.39, 0.29) is 11.4 Å². The molecular weight excluding hydrogens is 264 g/mol. The van der Waals surface area contributed by atoms with Crippen LogP contribution in [0.3, 0.4) is 0 Å². The average molecular weight is 292 g/mol. The third-order valence-electron chi connectivity index (χ3n) is 3.30. The van der Waals surface area contributed by atoms with Crippen LogP contribution in [-0.2, 0) is 4.79 Å². The van der Waals surface area contributed by atoms with E-state index in [4.69, 9.17) is 10.5 Å². The fourth-order valence-electron chi connectivity index (χ4n) is 2.06. The second-order valence-electron chi connectivity index (χ2n) is 6.48. The van der Waals surface area contributed by atoms with E-state index in [0.29, 0.717) is 26.0 Å². The van der Waals surface area contributed by atoms with Gasteiger partial charge in [-0.2, -0.15) is 0 Å². The van der Waals surface area contributed by atoms with E-state index in [0.717, 1.165) is 5.75 Å². The summed E-state index contributed by atoms with van der Waals surface area (Å²) in [7, 11) is 1.80. The van der Waals surface area contributed by atoms with Gasteiger partial charge in [0.2, 0.25) is 5.91 Å². The van der Waals surface area contributed by atoms with Gasteiger partial charge in [-0.25, -0.2) is 0 Å². The highest BCUT2D eigenvalue weighted by molar-refractivity contribution is 5.75. The van der Waals surface area contributed by atoms with Crippen LogP contribution >= 0.6 is 0 Å². The van der Waals surface area contributed by atoms with Crippen molar-refractivity contribution in [2.45, 2.75) is 46.1 Å². The van der Waals surface area contributed by atoms with Gasteiger partial charge in [0.1, 0.15) is 12.4 Å². The predicted molar refractivity (Wildman–Crippen MR) is 86.5 cm³/mol. The van der Waals surface area contributed by atoms with E-state index in [1.54, 1.807) is 11.9 Å². The first-order valence-electron chi connectivity index (χ1n) is 7.41. The molecule has 0 unspecified atom stereocenters. The van der Waals surface area contributed by atoms with Crippen LogP contribution < -0.4 is 10.5 Å². The first-order valence-corrected chi connectivity index (χ1v) is 7.41. The molecule has 0 atom stereocenters. The lowest BCUT2D eigenvalue weighted by molar-refractivity contribution is -0.130. The maximum atomic E-state index is 12.0. The van der Waals surface area contributed by atoms with Gasteiger partial charge in [0.15, 0.2) is 0 Å². The van der Waals surface area contributed by atoms with Crippen molar-refractivity contribution in [3.8, 4) is 5.75 Å². The molecule has 118 valence electrons. The summed E-state index contributed by atoms with van der Waals surface area (Å²) in [6.45, 7) is 9.04. The first kappa shape index (κ1) is 17.5. The van der Waals surface area contributed by atoms with Gasteiger partial charge in [-0.3, -0.25) is 4.79 Å². The topological polar surface area (TPSA) is 55.6 Å². The van der Waals surface area contributed by atoms with Crippen LogP contribution in [0, 0.1) is 13.8 Å². The third kappa shape index (κ3) is 7.14. The van der Waals surface area contributed by atoms with Crippen molar-refractivity contribution >= 4 is 5.91 Å². The Balaban J connectivity index is 2.36. The summed E-state index contributed by atoms with van der Waals surface area (Å²) < 4.78 is 5.72. The Labute approximate surface area is 128 Å². The van der Waals surface area contributed by atoms with E-state index in [1.807, 2.05) is 39.8 Å². The highest BCUT2D eigenvalue weighted by atomic mass is 16.5. The SMILES string of the molecule is Cc1cc(C)cc(OCCN(C)C(=O)CCC(C)(C)N)c1. The number of carbonyl (C=O) groups is 1. The Bertz CT molecular complexity index is 458. The Hall–Kier alpha value is -1.55. The lowest BCUT2D eigenvalue weighted by Gasteiger charge is -2.21. The van der Waals surface area contributed by atoms with Crippen molar-refractivity contribution in [1.29, 1.82) is 0 Å². The fraction of sp³-hybridized carbons (Fsp3) is 0.588. The molecule has 0 aromatic heterocycles. The van der Waals surface area contributed by atoms with Crippen LogP contribution in [0.15, 0.2) is 18.2 Å². The molecule has 4 heteroatoms. The predicted octanol–water partition coefficient (Wildman–Crippen LogP) is 2.66. The van der Waals surface area contributed by atoms with E-state index in [2.05, 4.69) is 6.07 Å². The quantitative estimate of drug-likeness (QED) is 0.840. The molecule has 21 heavy (non-hydrogen) atoms. The summed E-state index contributed by atoms with van der Waals surface area (Å²) in [6.07, 6.45) is 1.16. The van der Waals surface area contributed by atoms with Crippen LogP contribution in [-0.4, -0.2) is 36.5 Å². The van der Waals surface area contributed by atoms with Gasteiger partial charge >= 0.3 is 0 Å². The van der Waals surface area contributed by atoms with Crippen LogP contribution in [0.2, 0.25) is 0 Å². The smallest absolute Gasteiger partial charge is 0.222 e. The van der Waals surface area contributed by atoms with Gasteiger partial charge in [-0.1, -0.05) is 6.07 Å². The summed E-state index contributed by atoms with van der Waals surface area (Å²) in [6, 6.07) is 6.12. The molecule has 1 rings (SSSR count). The molecule has 0 spiro atoms. The summed E-state index contributed by atoms with van der Waals surface area (Å²) in [5.74, 6) is 0.967. The van der Waals surface area contributed by atoms with Crippen molar-refractivity contribution in [1.82, 2.24) is 4.90 Å². The Morgan fingerprint density at radius 1 is 1.24 bits per heavy atom. The number of nitrogens with zero attached hydrogens (tertiary/aromatic N) is 1. The summed E-state index contributed by atoms with van der Waals surface area (Å²) >= 11 is 0.